The van der Waals surface area contributed by atoms with Gasteiger partial charge in [-0.25, -0.2) is 39.9 Å². The third-order valence-electron chi connectivity index (χ3n) is 20.9. The second kappa shape index (κ2) is 42.3. The van der Waals surface area contributed by atoms with E-state index in [2.05, 4.69) is 65.4 Å². The summed E-state index contributed by atoms with van der Waals surface area (Å²) in [6.07, 6.45) is -14.0. The van der Waals surface area contributed by atoms with Crippen LogP contribution >= 0.6 is 11.6 Å². The number of hydrogen-bond donors (Lipinski definition) is 3. The van der Waals surface area contributed by atoms with Crippen LogP contribution < -0.4 is 20.9 Å². The van der Waals surface area contributed by atoms with Crippen LogP contribution in [0.15, 0.2) is 200 Å². The molecule has 128 heavy (non-hydrogen) atoms. The summed E-state index contributed by atoms with van der Waals surface area (Å²) in [6, 6.07) is 55.3. The first kappa shape index (κ1) is 96.7. The van der Waals surface area contributed by atoms with E-state index in [1.165, 1.54) is 6.07 Å². The second-order valence-corrected chi connectivity index (χ2v) is 33.3. The zero-order chi connectivity index (χ0) is 92.7. The van der Waals surface area contributed by atoms with Gasteiger partial charge < -0.3 is 40.4 Å². The monoisotopic (exact) mass is 1780 g/mol. The number of para-hydroxylation sites is 4. The molecule has 0 atom stereocenters. The van der Waals surface area contributed by atoms with Gasteiger partial charge in [0.2, 0.25) is 0 Å². The fourth-order valence-electron chi connectivity index (χ4n) is 14.6. The molecule has 0 radical (unpaired) electrons. The number of alkyl halides is 12. The molecule has 16 nitrogen and oxygen atoms in total. The summed E-state index contributed by atoms with van der Waals surface area (Å²) in [4.78, 5) is 47.9. The Morgan fingerprint density at radius 3 is 1.00 bits per heavy atom. The number of fused-ring (bicyclic) bond motifs is 4. The van der Waals surface area contributed by atoms with Crippen molar-refractivity contribution >= 4 is 78.5 Å². The Morgan fingerprint density at radius 1 is 0.273 bits per heavy atom. The van der Waals surface area contributed by atoms with Crippen molar-refractivity contribution in [3.05, 3.63) is 261 Å². The molecule has 4 heterocycles. The summed E-state index contributed by atoms with van der Waals surface area (Å²) in [6.45, 7) is 17.5. The van der Waals surface area contributed by atoms with Crippen molar-refractivity contribution in [3.63, 3.8) is 0 Å². The Kier molecular flexibility index (Phi) is 32.0. The number of hydrogen-bond acceptors (Lipinski definition) is 16. The molecule has 14 aromatic rings. The number of rotatable bonds is 26. The van der Waals surface area contributed by atoms with E-state index < -0.39 is 47.0 Å². The van der Waals surface area contributed by atoms with E-state index in [0.29, 0.717) is 97.0 Å². The second-order valence-electron chi connectivity index (χ2n) is 32.9. The summed E-state index contributed by atoms with van der Waals surface area (Å²) in [7, 11) is 18.1. The normalized spacial score (nSPS) is 11.9. The predicted octanol–water partition coefficient (Wildman–Crippen LogP) is 24.6. The van der Waals surface area contributed by atoms with Crippen LogP contribution in [0.4, 0.5) is 76.0 Å². The minimum absolute atomic E-state index is 0.180. The molecule has 0 amide bonds. The lowest BCUT2D eigenvalue weighted by atomic mass is 9.98. The first-order valence-electron chi connectivity index (χ1n) is 41.8. The van der Waals surface area contributed by atoms with E-state index in [4.69, 9.17) is 26.6 Å². The summed E-state index contributed by atoms with van der Waals surface area (Å²) in [5.41, 5.74) is 8.65. The number of benzene rings is 10. The SMILES string of the molecule is CN(C)CCCNc1nc(-c2cc(-c3ccccc3)cc(C(F)(F)F)c2)nc2c(Cl)cccc12.Cc1cc(-c2cccc(-c3nc(NCCCN(C)C)c4cccc(C)c4n3)c2)cc(C(F)(F)F)c1.Cc1cc(-c2nc(N(C)CCCN(C)C)c3cccc(C)c3n2)cc(C(F)(F)F)c1.Cc1cc(-c2nc(NCCCN(C)C)c3cccc(C)c3n2)cc(C(F)(F)F)c1. The fourth-order valence-corrected chi connectivity index (χ4v) is 14.8. The van der Waals surface area contributed by atoms with E-state index >= 15 is 0 Å². The van der Waals surface area contributed by atoms with Crippen LogP contribution in [0.5, 0.6) is 0 Å². The van der Waals surface area contributed by atoms with Gasteiger partial charge in [0.15, 0.2) is 23.3 Å². The van der Waals surface area contributed by atoms with Gasteiger partial charge in [-0.15, -0.1) is 0 Å². The van der Waals surface area contributed by atoms with Crippen molar-refractivity contribution in [1.82, 2.24) is 59.5 Å². The fraction of sp³-hybridized carbons (Fsp3) is 0.313. The van der Waals surface area contributed by atoms with Gasteiger partial charge in [-0.3, -0.25) is 0 Å². The average molecular weight is 1780 g/mol. The number of nitrogens with zero attached hydrogens (tertiary/aromatic N) is 13. The average Bonchev–Trinajstić information content (AvgIpc) is 0.815. The molecule has 10 aromatic carbocycles. The molecule has 672 valence electrons. The van der Waals surface area contributed by atoms with Gasteiger partial charge in [0, 0.05) is 77.0 Å². The summed E-state index contributed by atoms with van der Waals surface area (Å²) < 4.78 is 161. The molecule has 29 heteroatoms. The van der Waals surface area contributed by atoms with Crippen LogP contribution in [0, 0.1) is 41.5 Å². The first-order chi connectivity index (χ1) is 60.5. The summed E-state index contributed by atoms with van der Waals surface area (Å²) in [5, 5.41) is 13.9. The van der Waals surface area contributed by atoms with Gasteiger partial charge >= 0.3 is 24.7 Å². The standard InChI is InChI=1S/C28H29F3N4.C26H24ClF3N4.C23H27F3N4.C22H25F3N4/c1-18-14-22(17-23(15-18)28(29,30)31)20-9-6-10-21(16-20)26-33-25-19(2)8-5-11-24(25)27(34-26)32-12-7-13-35(3)4;1-34(2)13-7-12-31-25-21-10-6-11-22(27)23(21)32-24(33-25)19-14-18(17-8-4-3-5-9-17)15-20(16-19)26(28,29)30;1-15-12-17(14-18(13-15)23(24,25)26)21-27-20-16(2)8-6-9-19(20)22(28-21)30(5)11-7-10-29(3)4;1-14-11-16(13-17(12-14)22(23,24)25)20-27-19-15(2)7-5-8-18(19)21(28-20)26-9-6-10-29(3)4/h5-6,8-11,14-17H,7,12-13H2,1-4H3,(H,32,33,34);3-6,8-11,14-16H,7,12-13H2,1-2H3,(H,31,32,33);6,8-9,12-14H,7,10-11H2,1-5H3;5,7-8,11-13H,6,9-10H2,1-4H3,(H,26,27,28). The topological polar surface area (TPSA) is 155 Å². The van der Waals surface area contributed by atoms with Crippen molar-refractivity contribution in [3.8, 4) is 67.8 Å². The largest absolute Gasteiger partial charge is 0.416 e. The Balaban J connectivity index is 0.000000166. The van der Waals surface area contributed by atoms with Crippen LogP contribution in [0.3, 0.4) is 0 Å². The smallest absolute Gasteiger partial charge is 0.369 e. The number of aromatic nitrogens is 8. The molecule has 0 aliphatic rings. The third kappa shape index (κ3) is 25.9. The Labute approximate surface area is 743 Å². The van der Waals surface area contributed by atoms with E-state index in [-0.39, 0.29) is 17.2 Å². The van der Waals surface area contributed by atoms with Crippen molar-refractivity contribution in [2.24, 2.45) is 0 Å². The molecular weight excluding hydrogens is 1680 g/mol. The molecule has 0 aliphatic heterocycles. The van der Waals surface area contributed by atoms with E-state index in [9.17, 15) is 52.7 Å². The Bertz CT molecular complexity index is 6180. The number of aryl methyl sites for hydroxylation is 6. The zero-order valence-corrected chi connectivity index (χ0v) is 75.0. The van der Waals surface area contributed by atoms with Gasteiger partial charge in [-0.2, -0.15) is 52.7 Å². The van der Waals surface area contributed by atoms with Crippen molar-refractivity contribution in [2.75, 3.05) is 137 Å². The van der Waals surface area contributed by atoms with Crippen molar-refractivity contribution < 1.29 is 52.7 Å². The van der Waals surface area contributed by atoms with Crippen molar-refractivity contribution in [1.29, 1.82) is 0 Å². The van der Waals surface area contributed by atoms with Crippen LogP contribution in [0.1, 0.15) is 81.3 Å². The van der Waals surface area contributed by atoms with E-state index in [1.807, 2.05) is 175 Å². The highest BCUT2D eigenvalue weighted by Gasteiger charge is 2.35. The zero-order valence-electron chi connectivity index (χ0n) is 74.3. The molecule has 3 N–H and O–H groups in total. The maximum absolute atomic E-state index is 13.8. The van der Waals surface area contributed by atoms with E-state index in [1.54, 1.807) is 81.4 Å². The minimum atomic E-state index is -4.51. The minimum Gasteiger partial charge on any atom is -0.369 e. The van der Waals surface area contributed by atoms with Gasteiger partial charge in [-0.1, -0.05) is 109 Å². The molecule has 0 spiro atoms. The lowest BCUT2D eigenvalue weighted by molar-refractivity contribution is -0.138. The maximum atomic E-state index is 13.8. The van der Waals surface area contributed by atoms with Gasteiger partial charge in [0.25, 0.3) is 0 Å². The number of nitrogens with one attached hydrogen (secondary N) is 3. The number of anilines is 4. The lowest BCUT2D eigenvalue weighted by Crippen LogP contribution is -2.24. The maximum Gasteiger partial charge on any atom is 0.416 e. The molecular formula is C99H105ClF12N16. The Morgan fingerprint density at radius 2 is 0.578 bits per heavy atom. The number of halogens is 13. The van der Waals surface area contributed by atoms with Crippen LogP contribution in [-0.2, 0) is 24.7 Å². The summed E-state index contributed by atoms with van der Waals surface area (Å²) >= 11 is 6.42. The van der Waals surface area contributed by atoms with Gasteiger partial charge in [0.05, 0.1) is 49.3 Å². The van der Waals surface area contributed by atoms with Crippen molar-refractivity contribution in [2.45, 2.75) is 91.9 Å². The van der Waals surface area contributed by atoms with Crippen LogP contribution in [0.2, 0.25) is 5.02 Å². The molecule has 4 aromatic heterocycles. The summed E-state index contributed by atoms with van der Waals surface area (Å²) in [5.74, 6) is 3.98. The van der Waals surface area contributed by atoms with Gasteiger partial charge in [0.1, 0.15) is 23.3 Å². The van der Waals surface area contributed by atoms with Crippen LogP contribution in [-0.4, -0.2) is 175 Å². The lowest BCUT2D eigenvalue weighted by Gasteiger charge is -2.22. The highest BCUT2D eigenvalue weighted by atomic mass is 35.5. The molecule has 0 saturated carbocycles. The molecule has 0 bridgehead atoms. The molecule has 0 unspecified atom stereocenters. The molecule has 0 fully saturated rings. The predicted molar refractivity (Wildman–Crippen MR) is 496 cm³/mol. The van der Waals surface area contributed by atoms with E-state index in [0.717, 1.165) is 179 Å². The highest BCUT2D eigenvalue weighted by molar-refractivity contribution is 6.35. The quantitative estimate of drug-likeness (QED) is 0.0347. The molecule has 0 saturated heterocycles. The highest BCUT2D eigenvalue weighted by Crippen LogP contribution is 2.42. The first-order valence-corrected chi connectivity index (χ1v) is 42.2. The molecule has 0 aliphatic carbocycles. The van der Waals surface area contributed by atoms with Gasteiger partial charge in [-0.05, 0) is 309 Å². The third-order valence-corrected chi connectivity index (χ3v) is 21.2. The molecule has 14 rings (SSSR count). The Hall–Kier alpha value is -12.0. The van der Waals surface area contributed by atoms with Crippen LogP contribution in [0.25, 0.3) is 111 Å².